The standard InChI is InChI=1S/C37H41Cl2N3O4/c1-23(19-27-13-15-28(16-14-27)20-29-10-7-17-40-21-29)22-42(5)18-8-9-24(2)46-37(45)33-26(4)41-25(3)32(36(43)44)34(33)30-11-6-12-31(38)35(30)39/h6-7,10-17,19,21,24,34,41H,8-9,18,20,22H2,1-5H3,(H,43,44). The summed E-state index contributed by atoms with van der Waals surface area (Å²) in [5, 5.41) is 13.6. The number of allylic oxidation sites excluding steroid dienone is 2. The Morgan fingerprint density at radius 3 is 2.43 bits per heavy atom. The Morgan fingerprint density at radius 2 is 1.76 bits per heavy atom. The first-order valence-corrected chi connectivity index (χ1v) is 16.1. The molecule has 1 aliphatic heterocycles. The minimum atomic E-state index is -1.15. The molecule has 0 saturated carbocycles. The first kappa shape index (κ1) is 35.0. The topological polar surface area (TPSA) is 91.8 Å². The van der Waals surface area contributed by atoms with Crippen LogP contribution >= 0.6 is 23.2 Å². The van der Waals surface area contributed by atoms with Crippen LogP contribution in [0.4, 0.5) is 0 Å². The normalized spacial score (nSPS) is 16.0. The fourth-order valence-corrected chi connectivity index (χ4v) is 6.28. The molecular formula is C37H41Cl2N3O4. The van der Waals surface area contributed by atoms with Gasteiger partial charge in [0.25, 0.3) is 0 Å². The molecule has 0 bridgehead atoms. The summed E-state index contributed by atoms with van der Waals surface area (Å²) in [5.74, 6) is -2.66. The minimum absolute atomic E-state index is 0.0279. The van der Waals surface area contributed by atoms with E-state index in [0.717, 1.165) is 31.5 Å². The third-order valence-electron chi connectivity index (χ3n) is 8.01. The van der Waals surface area contributed by atoms with E-state index in [2.05, 4.69) is 65.6 Å². The predicted octanol–water partition coefficient (Wildman–Crippen LogP) is 8.05. The molecule has 2 N–H and O–H groups in total. The third-order valence-corrected chi connectivity index (χ3v) is 8.84. The van der Waals surface area contributed by atoms with E-state index in [1.165, 1.54) is 16.7 Å². The Bertz CT molecular complexity index is 1650. The Balaban J connectivity index is 1.31. The highest BCUT2D eigenvalue weighted by molar-refractivity contribution is 6.42. The van der Waals surface area contributed by atoms with Crippen molar-refractivity contribution in [3.8, 4) is 0 Å². The van der Waals surface area contributed by atoms with Gasteiger partial charge in [-0.3, -0.25) is 4.98 Å². The van der Waals surface area contributed by atoms with Gasteiger partial charge in [0, 0.05) is 30.3 Å². The lowest BCUT2D eigenvalue weighted by molar-refractivity contribution is -0.144. The number of ether oxygens (including phenoxy) is 1. The summed E-state index contributed by atoms with van der Waals surface area (Å²) in [5.41, 5.74) is 6.48. The summed E-state index contributed by atoms with van der Waals surface area (Å²) in [6.07, 6.45) is 7.84. The van der Waals surface area contributed by atoms with Crippen molar-refractivity contribution in [3.05, 3.63) is 127 Å². The van der Waals surface area contributed by atoms with Crippen LogP contribution in [0.15, 0.2) is 95.1 Å². The first-order chi connectivity index (χ1) is 21.9. The van der Waals surface area contributed by atoms with Crippen molar-refractivity contribution in [1.29, 1.82) is 0 Å². The zero-order chi connectivity index (χ0) is 33.4. The quantitative estimate of drug-likeness (QED) is 0.179. The number of hydrogen-bond acceptors (Lipinski definition) is 6. The van der Waals surface area contributed by atoms with Gasteiger partial charge >= 0.3 is 11.9 Å². The number of aromatic nitrogens is 1. The molecule has 2 unspecified atom stereocenters. The second kappa shape index (κ2) is 16.1. The van der Waals surface area contributed by atoms with Gasteiger partial charge in [0.15, 0.2) is 0 Å². The van der Waals surface area contributed by atoms with E-state index in [0.29, 0.717) is 23.4 Å². The molecule has 46 heavy (non-hydrogen) atoms. The Morgan fingerprint density at radius 1 is 1.04 bits per heavy atom. The van der Waals surface area contributed by atoms with Gasteiger partial charge in [-0.25, -0.2) is 9.59 Å². The van der Waals surface area contributed by atoms with Gasteiger partial charge in [0.1, 0.15) is 0 Å². The number of likely N-dealkylation sites (N-methyl/N-ethyl adjacent to an activating group) is 1. The van der Waals surface area contributed by atoms with E-state index in [1.807, 2.05) is 19.2 Å². The summed E-state index contributed by atoms with van der Waals surface area (Å²) in [4.78, 5) is 32.4. The van der Waals surface area contributed by atoms with Gasteiger partial charge in [0.2, 0.25) is 0 Å². The molecule has 1 aromatic heterocycles. The van der Waals surface area contributed by atoms with Gasteiger partial charge in [-0.2, -0.15) is 0 Å². The lowest BCUT2D eigenvalue weighted by Crippen LogP contribution is -2.33. The lowest BCUT2D eigenvalue weighted by atomic mass is 9.80. The molecule has 0 saturated heterocycles. The smallest absolute Gasteiger partial charge is 0.337 e. The molecule has 2 aromatic carbocycles. The van der Waals surface area contributed by atoms with Crippen molar-refractivity contribution in [2.24, 2.45) is 0 Å². The monoisotopic (exact) mass is 661 g/mol. The second-order valence-electron chi connectivity index (χ2n) is 11.9. The van der Waals surface area contributed by atoms with Crippen molar-refractivity contribution in [3.63, 3.8) is 0 Å². The number of halogens is 2. The average Bonchev–Trinajstić information content (AvgIpc) is 2.99. The van der Waals surface area contributed by atoms with Crippen molar-refractivity contribution in [2.45, 2.75) is 59.0 Å². The van der Waals surface area contributed by atoms with Crippen LogP contribution in [0.5, 0.6) is 0 Å². The zero-order valence-corrected chi connectivity index (χ0v) is 28.5. The molecule has 7 nitrogen and oxygen atoms in total. The van der Waals surface area contributed by atoms with Crippen LogP contribution < -0.4 is 5.32 Å². The number of nitrogens with zero attached hydrogens (tertiary/aromatic N) is 2. The molecule has 2 atom stereocenters. The number of carbonyl (C=O) groups is 2. The van der Waals surface area contributed by atoms with Gasteiger partial charge in [-0.05, 0) is 94.9 Å². The molecule has 0 amide bonds. The number of benzene rings is 2. The molecule has 0 radical (unpaired) electrons. The maximum atomic E-state index is 13.6. The molecule has 0 spiro atoms. The largest absolute Gasteiger partial charge is 0.478 e. The Labute approximate surface area is 281 Å². The summed E-state index contributed by atoms with van der Waals surface area (Å²) < 4.78 is 5.87. The second-order valence-corrected chi connectivity index (χ2v) is 12.7. The molecule has 0 fully saturated rings. The predicted molar refractivity (Wildman–Crippen MR) is 185 cm³/mol. The third kappa shape index (κ3) is 9.09. The number of esters is 1. The van der Waals surface area contributed by atoms with Gasteiger partial charge in [0.05, 0.1) is 33.2 Å². The number of dihydropyridines is 1. The molecule has 0 aliphatic carbocycles. The van der Waals surface area contributed by atoms with Crippen molar-refractivity contribution in [2.75, 3.05) is 20.1 Å². The number of nitrogens with one attached hydrogen (secondary N) is 1. The molecule has 2 heterocycles. The molecule has 3 aromatic rings. The van der Waals surface area contributed by atoms with Crippen molar-refractivity contribution in [1.82, 2.24) is 15.2 Å². The number of hydrogen-bond donors (Lipinski definition) is 2. The maximum Gasteiger partial charge on any atom is 0.337 e. The van der Waals surface area contributed by atoms with E-state index in [9.17, 15) is 14.7 Å². The number of aliphatic carboxylic acids is 1. The summed E-state index contributed by atoms with van der Waals surface area (Å²) in [7, 11) is 2.08. The Hall–Kier alpha value is -3.91. The molecule has 9 heteroatoms. The molecule has 4 rings (SSSR count). The number of carboxylic acid groups (broad SMARTS) is 1. The van der Waals surface area contributed by atoms with Crippen LogP contribution in [0.2, 0.25) is 10.0 Å². The minimum Gasteiger partial charge on any atom is -0.478 e. The molecule has 242 valence electrons. The van der Waals surface area contributed by atoms with Crippen LogP contribution in [0.1, 0.15) is 68.7 Å². The summed E-state index contributed by atoms with van der Waals surface area (Å²) in [6, 6.07) is 17.7. The summed E-state index contributed by atoms with van der Waals surface area (Å²) in [6.45, 7) is 9.02. The molecule has 1 aliphatic rings. The van der Waals surface area contributed by atoms with Crippen LogP contribution in [0.25, 0.3) is 6.08 Å². The number of rotatable bonds is 13. The number of pyridine rings is 1. The van der Waals surface area contributed by atoms with Crippen LogP contribution in [0.3, 0.4) is 0 Å². The van der Waals surface area contributed by atoms with Gasteiger partial charge < -0.3 is 20.1 Å². The van der Waals surface area contributed by atoms with E-state index < -0.39 is 17.9 Å². The van der Waals surface area contributed by atoms with Crippen LogP contribution in [-0.2, 0) is 20.7 Å². The van der Waals surface area contributed by atoms with Crippen LogP contribution in [0, 0.1) is 0 Å². The van der Waals surface area contributed by atoms with Gasteiger partial charge in [-0.15, -0.1) is 0 Å². The van der Waals surface area contributed by atoms with E-state index in [4.69, 9.17) is 27.9 Å². The lowest BCUT2D eigenvalue weighted by Gasteiger charge is -2.31. The van der Waals surface area contributed by atoms with Crippen molar-refractivity contribution >= 4 is 41.2 Å². The highest BCUT2D eigenvalue weighted by Crippen LogP contribution is 2.43. The first-order valence-electron chi connectivity index (χ1n) is 15.3. The summed E-state index contributed by atoms with van der Waals surface area (Å²) >= 11 is 12.8. The van der Waals surface area contributed by atoms with E-state index in [-0.39, 0.29) is 27.3 Å². The average molecular weight is 663 g/mol. The fraction of sp³-hybridized carbons (Fsp3) is 0.324. The fourth-order valence-electron chi connectivity index (χ4n) is 5.86. The Kier molecular flexibility index (Phi) is 12.2. The highest BCUT2D eigenvalue weighted by atomic mass is 35.5. The van der Waals surface area contributed by atoms with E-state index >= 15 is 0 Å². The zero-order valence-electron chi connectivity index (χ0n) is 26.9. The SMILES string of the molecule is CC(=Cc1ccc(Cc2cccnc2)cc1)CN(C)CCCC(C)OC(=O)C1=C(C)NC(C)=C(C(=O)O)C1c1cccc(Cl)c1Cl. The van der Waals surface area contributed by atoms with E-state index in [1.54, 1.807) is 38.2 Å². The number of carbonyl (C=O) groups excluding carboxylic acids is 1. The highest BCUT2D eigenvalue weighted by Gasteiger charge is 2.39. The van der Waals surface area contributed by atoms with Gasteiger partial charge in [-0.1, -0.05) is 77.3 Å². The number of carboxylic acids is 1. The van der Waals surface area contributed by atoms with Crippen molar-refractivity contribution < 1.29 is 19.4 Å². The molecular weight excluding hydrogens is 621 g/mol. The van der Waals surface area contributed by atoms with Crippen LogP contribution in [-0.4, -0.2) is 53.2 Å². The maximum absolute atomic E-state index is 13.6.